The zero-order chi connectivity index (χ0) is 40.0. The predicted molar refractivity (Wildman–Crippen MR) is 248 cm³/mol. The monoisotopic (exact) mass is 794 g/mol. The number of aliphatic imine (C=N–C) groups is 2. The second kappa shape index (κ2) is 13.7. The van der Waals surface area contributed by atoms with Crippen LogP contribution in [-0.2, 0) is 10.8 Å². The van der Waals surface area contributed by atoms with Crippen LogP contribution in [0.4, 0.5) is 5.69 Å². The Morgan fingerprint density at radius 3 is 2.35 bits per heavy atom. The summed E-state index contributed by atoms with van der Waals surface area (Å²) in [6.07, 6.45) is 26.0. The van der Waals surface area contributed by atoms with Gasteiger partial charge in [-0.25, -0.2) is 9.98 Å². The fourth-order valence-electron chi connectivity index (χ4n) is 11.4. The van der Waals surface area contributed by atoms with E-state index in [0.29, 0.717) is 0 Å². The van der Waals surface area contributed by atoms with Gasteiger partial charge in [-0.1, -0.05) is 177 Å². The lowest BCUT2D eigenvalue weighted by molar-refractivity contribution is 0.356. The molecule has 0 bridgehead atoms. The molecule has 7 aliphatic rings. The molecule has 292 valence electrons. The molecule has 4 aliphatic carbocycles. The maximum Gasteiger partial charge on any atom is 0.159 e. The second-order valence-electron chi connectivity index (χ2n) is 17.5. The van der Waals surface area contributed by atoms with Crippen molar-refractivity contribution in [1.29, 1.82) is 0 Å². The van der Waals surface area contributed by atoms with Gasteiger partial charge in [-0.05, 0) is 82.5 Å². The van der Waals surface area contributed by atoms with E-state index in [1.807, 2.05) is 11.8 Å². The van der Waals surface area contributed by atoms with Gasteiger partial charge in [0.2, 0.25) is 0 Å². The van der Waals surface area contributed by atoms with E-state index in [1.54, 1.807) is 0 Å². The van der Waals surface area contributed by atoms with Crippen LogP contribution in [0.3, 0.4) is 0 Å². The van der Waals surface area contributed by atoms with E-state index >= 15 is 0 Å². The number of nitrogens with zero attached hydrogens (tertiary/aromatic N) is 3. The molecule has 1 spiro atoms. The minimum atomic E-state index is -0.417. The molecule has 5 atom stereocenters. The summed E-state index contributed by atoms with van der Waals surface area (Å²) in [5, 5.41) is 3.93. The molecule has 3 aliphatic heterocycles. The first-order valence-corrected chi connectivity index (χ1v) is 22.4. The number of rotatable bonds is 4. The average molecular weight is 795 g/mol. The van der Waals surface area contributed by atoms with Gasteiger partial charge >= 0.3 is 0 Å². The van der Waals surface area contributed by atoms with Crippen molar-refractivity contribution in [1.82, 2.24) is 5.32 Å². The third kappa shape index (κ3) is 5.18. The molecule has 60 heavy (non-hydrogen) atoms. The van der Waals surface area contributed by atoms with Gasteiger partial charge in [-0.3, -0.25) is 0 Å². The third-order valence-electron chi connectivity index (χ3n) is 14.0. The number of para-hydroxylation sites is 1. The Bertz CT molecular complexity index is 2870. The van der Waals surface area contributed by atoms with Crippen LogP contribution in [0.5, 0.6) is 0 Å². The van der Waals surface area contributed by atoms with Crippen LogP contribution >= 0.6 is 11.8 Å². The molecule has 0 aromatic heterocycles. The molecule has 5 aromatic carbocycles. The molecule has 0 amide bonds. The van der Waals surface area contributed by atoms with Crippen molar-refractivity contribution in [3.05, 3.63) is 221 Å². The number of anilines is 1. The first kappa shape index (κ1) is 35.7. The lowest BCUT2D eigenvalue weighted by Crippen LogP contribution is -2.56. The van der Waals surface area contributed by atoms with Crippen molar-refractivity contribution in [2.24, 2.45) is 21.8 Å². The van der Waals surface area contributed by atoms with E-state index in [-0.39, 0.29) is 29.5 Å². The lowest BCUT2D eigenvalue weighted by atomic mass is 9.55. The zero-order valence-electron chi connectivity index (χ0n) is 33.9. The number of hydrogen-bond acceptors (Lipinski definition) is 5. The fraction of sp³-hybridized carbons (Fsp3) is 0.200. The first-order valence-electron chi connectivity index (χ1n) is 21.5. The van der Waals surface area contributed by atoms with E-state index in [2.05, 4.69) is 200 Å². The Labute approximate surface area is 357 Å². The molecule has 0 radical (unpaired) electrons. The highest BCUT2D eigenvalue weighted by Gasteiger charge is 2.56. The first-order chi connectivity index (χ1) is 29.5. The van der Waals surface area contributed by atoms with Crippen molar-refractivity contribution in [3.8, 4) is 11.1 Å². The lowest BCUT2D eigenvalue weighted by Gasteiger charge is -2.57. The maximum atomic E-state index is 5.54. The van der Waals surface area contributed by atoms with E-state index in [0.717, 1.165) is 42.1 Å². The highest BCUT2D eigenvalue weighted by molar-refractivity contribution is 7.99. The van der Waals surface area contributed by atoms with Gasteiger partial charge in [0, 0.05) is 49.6 Å². The molecular formula is C55H46N4S. The quantitative estimate of drug-likeness (QED) is 0.197. The number of benzene rings is 5. The summed E-state index contributed by atoms with van der Waals surface area (Å²) in [5.41, 5.74) is 13.8. The fourth-order valence-corrected chi connectivity index (χ4v) is 12.7. The summed E-state index contributed by atoms with van der Waals surface area (Å²) in [7, 11) is 0. The predicted octanol–water partition coefficient (Wildman–Crippen LogP) is 12.2. The van der Waals surface area contributed by atoms with Crippen LogP contribution < -0.4 is 10.2 Å². The third-order valence-corrected chi connectivity index (χ3v) is 15.3. The van der Waals surface area contributed by atoms with Crippen molar-refractivity contribution in [3.63, 3.8) is 0 Å². The standard InChI is InChI=1S/C55H46N4S/c1-54(2)41-24-10-9-22-38(41)40-34-36(32-33-42(40)54)52-56-51(35-18-5-3-6-19-35)57-53(58-52)39-23-17-28-46-50(39)60-49-31-16-13-27-45(49)55(46)43-25-11-14-29-47(43)59(37-20-7-4-8-21-37)48-30-15-12-26-44(48)55/h3-14,16-18,20-29,31-35,43,47,51H,15,19,30H2,1-2H3,(H,56,57,58). The highest BCUT2D eigenvalue weighted by Crippen LogP contribution is 2.63. The minimum Gasteiger partial charge on any atom is -0.347 e. The second-order valence-corrected chi connectivity index (χ2v) is 18.6. The van der Waals surface area contributed by atoms with Crippen molar-refractivity contribution in [2.45, 2.75) is 65.9 Å². The van der Waals surface area contributed by atoms with Gasteiger partial charge in [0.25, 0.3) is 0 Å². The number of hydrogen-bond donors (Lipinski definition) is 1. The average Bonchev–Trinajstić information content (AvgIpc) is 3.54. The smallest absolute Gasteiger partial charge is 0.159 e. The summed E-state index contributed by atoms with van der Waals surface area (Å²) < 4.78 is 0. The molecular weight excluding hydrogens is 749 g/mol. The van der Waals surface area contributed by atoms with Crippen LogP contribution in [-0.4, -0.2) is 23.9 Å². The van der Waals surface area contributed by atoms with Gasteiger partial charge in [-0.15, -0.1) is 0 Å². The number of fused-ring (bicyclic) bond motifs is 10. The number of amidine groups is 2. The number of allylic oxidation sites excluding steroid dienone is 9. The molecule has 5 aromatic rings. The van der Waals surface area contributed by atoms with Crippen molar-refractivity contribution >= 4 is 29.1 Å². The van der Waals surface area contributed by atoms with Crippen molar-refractivity contribution in [2.75, 3.05) is 4.90 Å². The molecule has 12 rings (SSSR count). The summed E-state index contributed by atoms with van der Waals surface area (Å²) in [5.74, 6) is 2.01. The summed E-state index contributed by atoms with van der Waals surface area (Å²) >= 11 is 1.90. The maximum absolute atomic E-state index is 5.54. The van der Waals surface area contributed by atoms with Crippen LogP contribution in [0.25, 0.3) is 11.1 Å². The van der Waals surface area contributed by atoms with Gasteiger partial charge < -0.3 is 10.2 Å². The van der Waals surface area contributed by atoms with Crippen molar-refractivity contribution < 1.29 is 0 Å². The Morgan fingerprint density at radius 2 is 1.47 bits per heavy atom. The molecule has 5 unspecified atom stereocenters. The van der Waals surface area contributed by atoms with E-state index in [9.17, 15) is 0 Å². The van der Waals surface area contributed by atoms with Gasteiger partial charge in [0.15, 0.2) is 5.84 Å². The summed E-state index contributed by atoms with van der Waals surface area (Å²) in [4.78, 5) is 16.2. The SMILES string of the molecule is CC1(C)c2ccccc2-c2cc(C3=NC(C4C=CC=CC4)NC(c4cccc5c4Sc4ccccc4C54C5=C(CCC=C5)N(c5ccccc5)C5C=CC=CC54)=N3)ccc21. The highest BCUT2D eigenvalue weighted by atomic mass is 32.2. The van der Waals surface area contributed by atoms with E-state index in [1.165, 1.54) is 60.1 Å². The Hall–Kier alpha value is -6.17. The van der Waals surface area contributed by atoms with Crippen LogP contribution in [0.15, 0.2) is 207 Å². The van der Waals surface area contributed by atoms with Gasteiger partial charge in [0.1, 0.15) is 12.0 Å². The van der Waals surface area contributed by atoms with Crippen LogP contribution in [0.1, 0.15) is 66.5 Å². The molecule has 0 saturated carbocycles. The normalized spacial score (nSPS) is 26.0. The van der Waals surface area contributed by atoms with E-state index < -0.39 is 5.41 Å². The largest absolute Gasteiger partial charge is 0.347 e. The molecule has 1 N–H and O–H groups in total. The van der Waals surface area contributed by atoms with Crippen LogP contribution in [0.2, 0.25) is 0 Å². The Morgan fingerprint density at radius 1 is 0.700 bits per heavy atom. The Balaban J connectivity index is 1.06. The molecule has 0 fully saturated rings. The Kier molecular flexibility index (Phi) is 8.15. The minimum absolute atomic E-state index is 0.0639. The van der Waals surface area contributed by atoms with Gasteiger partial charge in [-0.2, -0.15) is 0 Å². The molecule has 5 heteroatoms. The summed E-state index contributed by atoms with van der Waals surface area (Å²) in [6, 6.07) is 43.1. The molecule has 3 heterocycles. The van der Waals surface area contributed by atoms with E-state index in [4.69, 9.17) is 9.98 Å². The molecule has 4 nitrogen and oxygen atoms in total. The zero-order valence-corrected chi connectivity index (χ0v) is 34.7. The topological polar surface area (TPSA) is 40.0 Å². The molecule has 0 saturated heterocycles. The van der Waals surface area contributed by atoms with Crippen LogP contribution in [0, 0.1) is 11.8 Å². The number of nitrogens with one attached hydrogen (secondary N) is 1. The van der Waals surface area contributed by atoms with Gasteiger partial charge in [0.05, 0.1) is 11.5 Å². The summed E-state index contributed by atoms with van der Waals surface area (Å²) in [6.45, 7) is 4.68.